The van der Waals surface area contributed by atoms with Crippen LogP contribution in [0.15, 0.2) is 24.3 Å². The fourth-order valence-corrected chi connectivity index (χ4v) is 3.81. The lowest BCUT2D eigenvalue weighted by Gasteiger charge is -2.41. The summed E-state index contributed by atoms with van der Waals surface area (Å²) in [6.07, 6.45) is 3.95. The Bertz CT molecular complexity index is 448. The fourth-order valence-electron chi connectivity index (χ4n) is 3.81. The molecule has 0 radical (unpaired) electrons. The maximum Gasteiger partial charge on any atom is 0.0674 e. The molecular formula is C17H26N2O. The van der Waals surface area contributed by atoms with E-state index in [1.54, 1.807) is 0 Å². The maximum absolute atomic E-state index is 5.80. The molecule has 1 saturated heterocycles. The zero-order valence-electron chi connectivity index (χ0n) is 12.6. The minimum absolute atomic E-state index is 0.354. The van der Waals surface area contributed by atoms with Gasteiger partial charge in [0.15, 0.2) is 0 Å². The van der Waals surface area contributed by atoms with Crippen LogP contribution in [0.2, 0.25) is 0 Å². The first-order chi connectivity index (χ1) is 9.79. The zero-order chi connectivity index (χ0) is 13.9. The van der Waals surface area contributed by atoms with E-state index in [0.29, 0.717) is 18.2 Å². The summed E-state index contributed by atoms with van der Waals surface area (Å²) in [5.41, 5.74) is 3.01. The summed E-state index contributed by atoms with van der Waals surface area (Å²) in [5.74, 6) is 0. The van der Waals surface area contributed by atoms with Crippen LogP contribution in [-0.2, 0) is 11.2 Å². The van der Waals surface area contributed by atoms with Gasteiger partial charge in [-0.2, -0.15) is 0 Å². The molecule has 0 spiro atoms. The van der Waals surface area contributed by atoms with Gasteiger partial charge in [-0.1, -0.05) is 24.3 Å². The Labute approximate surface area is 122 Å². The summed E-state index contributed by atoms with van der Waals surface area (Å²) in [7, 11) is 2.09. The number of nitrogens with zero attached hydrogens (tertiary/aromatic N) is 1. The van der Waals surface area contributed by atoms with E-state index in [9.17, 15) is 0 Å². The molecular weight excluding hydrogens is 248 g/mol. The summed E-state index contributed by atoms with van der Waals surface area (Å²) < 4.78 is 5.80. The van der Waals surface area contributed by atoms with E-state index in [-0.39, 0.29) is 0 Å². The van der Waals surface area contributed by atoms with E-state index in [0.717, 1.165) is 26.1 Å². The van der Waals surface area contributed by atoms with Crippen LogP contribution in [0.5, 0.6) is 0 Å². The first-order valence-corrected chi connectivity index (χ1v) is 7.90. The van der Waals surface area contributed by atoms with E-state index >= 15 is 0 Å². The molecule has 0 bridgehead atoms. The quantitative estimate of drug-likeness (QED) is 0.896. The standard InChI is InChI=1S/C17H26N2O/c1-13-12-19(10-5-11-20-13)16-9-8-14-6-3-4-7-15(14)17(16)18-2/h3-4,6-7,13,16-18H,5,8-12H2,1-2H3. The molecule has 1 aromatic rings. The lowest BCUT2D eigenvalue weighted by Crippen LogP contribution is -2.48. The number of aryl methyl sites for hydroxylation is 1. The molecule has 3 rings (SSSR count). The van der Waals surface area contributed by atoms with Crippen LogP contribution in [0.3, 0.4) is 0 Å². The third-order valence-corrected chi connectivity index (χ3v) is 4.75. The van der Waals surface area contributed by atoms with Gasteiger partial charge in [0.1, 0.15) is 0 Å². The zero-order valence-corrected chi connectivity index (χ0v) is 12.6. The molecule has 1 heterocycles. The molecule has 110 valence electrons. The van der Waals surface area contributed by atoms with Crippen molar-refractivity contribution in [2.75, 3.05) is 26.7 Å². The Kier molecular flexibility index (Phi) is 4.39. The van der Waals surface area contributed by atoms with Crippen LogP contribution in [0.1, 0.15) is 36.9 Å². The third kappa shape index (κ3) is 2.76. The number of rotatable bonds is 2. The van der Waals surface area contributed by atoms with Gasteiger partial charge in [-0.15, -0.1) is 0 Å². The molecule has 0 amide bonds. The molecule has 3 nitrogen and oxygen atoms in total. The molecule has 1 aliphatic heterocycles. The SMILES string of the molecule is CNC1c2ccccc2CCC1N1CCCOC(C)C1. The summed E-state index contributed by atoms with van der Waals surface area (Å²) in [5, 5.41) is 3.56. The average Bonchev–Trinajstić information content (AvgIpc) is 2.70. The highest BCUT2D eigenvalue weighted by Gasteiger charge is 2.33. The minimum atomic E-state index is 0.354. The Morgan fingerprint density at radius 1 is 1.30 bits per heavy atom. The largest absolute Gasteiger partial charge is 0.377 e. The number of fused-ring (bicyclic) bond motifs is 1. The van der Waals surface area contributed by atoms with Gasteiger partial charge in [0.2, 0.25) is 0 Å². The second kappa shape index (κ2) is 6.25. The molecule has 2 aliphatic rings. The van der Waals surface area contributed by atoms with Crippen LogP contribution < -0.4 is 5.32 Å². The lowest BCUT2D eigenvalue weighted by atomic mass is 9.83. The van der Waals surface area contributed by atoms with Crippen LogP contribution in [0.25, 0.3) is 0 Å². The molecule has 1 fully saturated rings. The fraction of sp³-hybridized carbons (Fsp3) is 0.647. The third-order valence-electron chi connectivity index (χ3n) is 4.75. The second-order valence-electron chi connectivity index (χ2n) is 6.10. The summed E-state index contributed by atoms with van der Waals surface area (Å²) in [6.45, 7) is 5.33. The molecule has 1 aromatic carbocycles. The van der Waals surface area contributed by atoms with E-state index in [1.165, 1.54) is 24.0 Å². The van der Waals surface area contributed by atoms with Gasteiger partial charge >= 0.3 is 0 Å². The number of nitrogens with one attached hydrogen (secondary N) is 1. The van der Waals surface area contributed by atoms with Crippen molar-refractivity contribution in [3.8, 4) is 0 Å². The highest BCUT2D eigenvalue weighted by molar-refractivity contribution is 5.34. The Hall–Kier alpha value is -0.900. The van der Waals surface area contributed by atoms with Crippen molar-refractivity contribution < 1.29 is 4.74 Å². The predicted octanol–water partition coefficient (Wildman–Crippen LogP) is 2.37. The highest BCUT2D eigenvalue weighted by atomic mass is 16.5. The summed E-state index contributed by atoms with van der Waals surface area (Å²) >= 11 is 0. The molecule has 3 unspecified atom stereocenters. The molecule has 3 heteroatoms. The van der Waals surface area contributed by atoms with Gasteiger partial charge in [-0.25, -0.2) is 0 Å². The number of hydrogen-bond donors (Lipinski definition) is 1. The molecule has 1 aliphatic carbocycles. The number of likely N-dealkylation sites (N-methyl/N-ethyl adjacent to an activating group) is 1. The Balaban J connectivity index is 1.83. The number of hydrogen-bond acceptors (Lipinski definition) is 3. The smallest absolute Gasteiger partial charge is 0.0674 e. The first kappa shape index (κ1) is 14.1. The lowest BCUT2D eigenvalue weighted by molar-refractivity contribution is 0.0539. The Morgan fingerprint density at radius 2 is 2.15 bits per heavy atom. The normalized spacial score (nSPS) is 31.6. The van der Waals surface area contributed by atoms with E-state index in [1.807, 2.05) is 0 Å². The van der Waals surface area contributed by atoms with E-state index in [4.69, 9.17) is 4.74 Å². The van der Waals surface area contributed by atoms with Crippen molar-refractivity contribution in [2.24, 2.45) is 0 Å². The van der Waals surface area contributed by atoms with Crippen molar-refractivity contribution in [1.82, 2.24) is 10.2 Å². The predicted molar refractivity (Wildman–Crippen MR) is 82.0 cm³/mol. The van der Waals surface area contributed by atoms with E-state index < -0.39 is 0 Å². The second-order valence-corrected chi connectivity index (χ2v) is 6.10. The molecule has 20 heavy (non-hydrogen) atoms. The highest BCUT2D eigenvalue weighted by Crippen LogP contribution is 2.33. The van der Waals surface area contributed by atoms with Gasteiger partial charge in [0.25, 0.3) is 0 Å². The molecule has 0 saturated carbocycles. The molecule has 0 aromatic heterocycles. The van der Waals surface area contributed by atoms with Gasteiger partial charge in [0, 0.05) is 31.8 Å². The van der Waals surface area contributed by atoms with Crippen molar-refractivity contribution in [3.05, 3.63) is 35.4 Å². The van der Waals surface area contributed by atoms with Gasteiger partial charge in [-0.05, 0) is 44.4 Å². The number of benzene rings is 1. The van der Waals surface area contributed by atoms with Gasteiger partial charge in [-0.3, -0.25) is 4.90 Å². The molecule has 1 N–H and O–H groups in total. The topological polar surface area (TPSA) is 24.5 Å². The van der Waals surface area contributed by atoms with Crippen molar-refractivity contribution >= 4 is 0 Å². The van der Waals surface area contributed by atoms with Gasteiger partial charge in [0.05, 0.1) is 6.10 Å². The summed E-state index contributed by atoms with van der Waals surface area (Å²) in [4.78, 5) is 2.65. The van der Waals surface area contributed by atoms with Gasteiger partial charge < -0.3 is 10.1 Å². The van der Waals surface area contributed by atoms with Crippen molar-refractivity contribution in [2.45, 2.75) is 44.4 Å². The average molecular weight is 274 g/mol. The van der Waals surface area contributed by atoms with Crippen LogP contribution in [-0.4, -0.2) is 43.8 Å². The van der Waals surface area contributed by atoms with Crippen molar-refractivity contribution in [3.63, 3.8) is 0 Å². The van der Waals surface area contributed by atoms with Crippen LogP contribution in [0.4, 0.5) is 0 Å². The maximum atomic E-state index is 5.80. The Morgan fingerprint density at radius 3 is 3.00 bits per heavy atom. The van der Waals surface area contributed by atoms with Crippen LogP contribution >= 0.6 is 0 Å². The van der Waals surface area contributed by atoms with Crippen molar-refractivity contribution in [1.29, 1.82) is 0 Å². The van der Waals surface area contributed by atoms with Crippen LogP contribution in [0, 0.1) is 0 Å². The number of ether oxygens (including phenoxy) is 1. The monoisotopic (exact) mass is 274 g/mol. The van der Waals surface area contributed by atoms with E-state index in [2.05, 4.69) is 48.5 Å². The summed E-state index contributed by atoms with van der Waals surface area (Å²) in [6, 6.07) is 9.95. The molecule has 3 atom stereocenters. The minimum Gasteiger partial charge on any atom is -0.377 e. The first-order valence-electron chi connectivity index (χ1n) is 7.90.